The Bertz CT molecular complexity index is 612. The van der Waals surface area contributed by atoms with Crippen molar-refractivity contribution in [2.45, 2.75) is 25.6 Å². The standard InChI is InChI=1S/C12H10F4N2OS/c1-2-9-11(20-18-17-9)10(19)6-3-4-7(8(13)5-6)12(14,15)16/h3-5,10,19H,2H2,1H3. The predicted octanol–water partition coefficient (Wildman–Crippen LogP) is 3.34. The Labute approximate surface area is 116 Å². The number of benzene rings is 1. The second-order valence-corrected chi connectivity index (χ2v) is 4.86. The minimum Gasteiger partial charge on any atom is -0.383 e. The summed E-state index contributed by atoms with van der Waals surface area (Å²) in [5.74, 6) is -1.41. The summed E-state index contributed by atoms with van der Waals surface area (Å²) in [6.07, 6.45) is -5.47. The lowest BCUT2D eigenvalue weighted by Gasteiger charge is -2.13. The minimum atomic E-state index is -4.76. The zero-order valence-corrected chi connectivity index (χ0v) is 11.1. The first-order valence-corrected chi connectivity index (χ1v) is 6.47. The van der Waals surface area contributed by atoms with E-state index in [1.165, 1.54) is 0 Å². The molecule has 0 amide bonds. The van der Waals surface area contributed by atoms with Gasteiger partial charge in [-0.3, -0.25) is 0 Å². The summed E-state index contributed by atoms with van der Waals surface area (Å²) in [7, 11) is 0. The van der Waals surface area contributed by atoms with Gasteiger partial charge in [-0.15, -0.1) is 5.10 Å². The van der Waals surface area contributed by atoms with E-state index in [-0.39, 0.29) is 5.56 Å². The molecule has 0 saturated heterocycles. The van der Waals surface area contributed by atoms with Crippen molar-refractivity contribution in [3.63, 3.8) is 0 Å². The molecular formula is C12H10F4N2OS. The number of hydrogen-bond acceptors (Lipinski definition) is 4. The number of aliphatic hydroxyl groups is 1. The van der Waals surface area contributed by atoms with E-state index in [9.17, 15) is 22.7 Å². The van der Waals surface area contributed by atoms with Crippen molar-refractivity contribution in [3.8, 4) is 0 Å². The van der Waals surface area contributed by atoms with E-state index in [1.807, 2.05) is 0 Å². The third kappa shape index (κ3) is 2.80. The maximum Gasteiger partial charge on any atom is 0.419 e. The Morgan fingerprint density at radius 1 is 1.35 bits per heavy atom. The van der Waals surface area contributed by atoms with Crippen molar-refractivity contribution in [1.29, 1.82) is 0 Å². The number of rotatable bonds is 3. The molecule has 1 heterocycles. The molecule has 0 aliphatic heterocycles. The molecule has 1 aromatic heterocycles. The summed E-state index contributed by atoms with van der Waals surface area (Å²) < 4.78 is 54.5. The van der Waals surface area contributed by atoms with Gasteiger partial charge in [0.25, 0.3) is 0 Å². The normalized spacial score (nSPS) is 13.5. The summed E-state index contributed by atoms with van der Waals surface area (Å²) in [6.45, 7) is 1.81. The first-order valence-electron chi connectivity index (χ1n) is 5.70. The first kappa shape index (κ1) is 14.9. The molecule has 0 saturated carbocycles. The van der Waals surface area contributed by atoms with Crippen LogP contribution in [0.4, 0.5) is 17.6 Å². The average molecular weight is 306 g/mol. The largest absolute Gasteiger partial charge is 0.419 e. The fraction of sp³-hybridized carbons (Fsp3) is 0.333. The van der Waals surface area contributed by atoms with E-state index in [0.29, 0.717) is 29.1 Å². The zero-order chi connectivity index (χ0) is 14.9. The maximum atomic E-state index is 13.5. The van der Waals surface area contributed by atoms with Crippen LogP contribution in [0, 0.1) is 5.82 Å². The van der Waals surface area contributed by atoms with Crippen molar-refractivity contribution in [3.05, 3.63) is 45.7 Å². The number of hydrogen-bond donors (Lipinski definition) is 1. The van der Waals surface area contributed by atoms with E-state index in [2.05, 4.69) is 9.59 Å². The number of nitrogens with zero attached hydrogens (tertiary/aromatic N) is 2. The van der Waals surface area contributed by atoms with Gasteiger partial charge in [0.05, 0.1) is 16.1 Å². The lowest BCUT2D eigenvalue weighted by molar-refractivity contribution is -0.140. The number of aliphatic hydroxyl groups excluding tert-OH is 1. The van der Waals surface area contributed by atoms with Crippen LogP contribution in [0.5, 0.6) is 0 Å². The molecule has 1 atom stereocenters. The Balaban J connectivity index is 2.37. The van der Waals surface area contributed by atoms with E-state index < -0.39 is 23.7 Å². The fourth-order valence-electron chi connectivity index (χ4n) is 1.75. The van der Waals surface area contributed by atoms with Gasteiger partial charge in [-0.2, -0.15) is 13.2 Å². The number of alkyl halides is 3. The molecule has 1 unspecified atom stereocenters. The first-order chi connectivity index (χ1) is 9.34. The van der Waals surface area contributed by atoms with Crippen LogP contribution in [0.15, 0.2) is 18.2 Å². The van der Waals surface area contributed by atoms with Gasteiger partial charge in [-0.1, -0.05) is 17.5 Å². The molecule has 1 aromatic carbocycles. The predicted molar refractivity (Wildman–Crippen MR) is 64.8 cm³/mol. The molecule has 3 nitrogen and oxygen atoms in total. The molecule has 8 heteroatoms. The van der Waals surface area contributed by atoms with Crippen LogP contribution in [-0.2, 0) is 12.6 Å². The molecule has 2 aromatic rings. The van der Waals surface area contributed by atoms with Crippen LogP contribution in [0.2, 0.25) is 0 Å². The van der Waals surface area contributed by atoms with Crippen molar-refractivity contribution in [1.82, 2.24) is 9.59 Å². The second-order valence-electron chi connectivity index (χ2n) is 4.08. The fourth-order valence-corrected chi connectivity index (χ4v) is 2.50. The molecule has 0 aliphatic rings. The van der Waals surface area contributed by atoms with E-state index in [1.54, 1.807) is 6.92 Å². The monoisotopic (exact) mass is 306 g/mol. The van der Waals surface area contributed by atoms with E-state index in [4.69, 9.17) is 0 Å². The van der Waals surface area contributed by atoms with E-state index in [0.717, 1.165) is 17.6 Å². The average Bonchev–Trinajstić information content (AvgIpc) is 2.84. The van der Waals surface area contributed by atoms with Gasteiger partial charge >= 0.3 is 6.18 Å². The summed E-state index contributed by atoms with van der Waals surface area (Å²) in [4.78, 5) is 0.409. The number of aryl methyl sites for hydroxylation is 1. The lowest BCUT2D eigenvalue weighted by atomic mass is 10.0. The third-order valence-corrected chi connectivity index (χ3v) is 3.60. The SMILES string of the molecule is CCc1nnsc1C(O)c1ccc(C(F)(F)F)c(F)c1. The van der Waals surface area contributed by atoms with Gasteiger partial charge in [0.15, 0.2) is 0 Å². The summed E-state index contributed by atoms with van der Waals surface area (Å²) in [5.41, 5.74) is -0.773. The summed E-state index contributed by atoms with van der Waals surface area (Å²) >= 11 is 0.937. The zero-order valence-electron chi connectivity index (χ0n) is 10.3. The van der Waals surface area contributed by atoms with Crippen molar-refractivity contribution in [2.24, 2.45) is 0 Å². The Morgan fingerprint density at radius 2 is 2.05 bits per heavy atom. The highest BCUT2D eigenvalue weighted by Crippen LogP contribution is 2.34. The molecular weight excluding hydrogens is 296 g/mol. The molecule has 0 fully saturated rings. The van der Waals surface area contributed by atoms with Crippen molar-refractivity contribution in [2.75, 3.05) is 0 Å². The maximum absolute atomic E-state index is 13.5. The summed E-state index contributed by atoms with van der Waals surface area (Å²) in [5, 5.41) is 13.9. The van der Waals surface area contributed by atoms with Crippen LogP contribution in [0.3, 0.4) is 0 Å². The van der Waals surface area contributed by atoms with Crippen molar-refractivity contribution >= 4 is 11.5 Å². The smallest absolute Gasteiger partial charge is 0.383 e. The van der Waals surface area contributed by atoms with Gasteiger partial charge in [0, 0.05) is 0 Å². The minimum absolute atomic E-state index is 0.0382. The second kappa shape index (κ2) is 5.45. The highest BCUT2D eigenvalue weighted by atomic mass is 32.1. The van der Waals surface area contributed by atoms with Gasteiger partial charge in [-0.25, -0.2) is 4.39 Å². The molecule has 0 radical (unpaired) electrons. The number of aromatic nitrogens is 2. The van der Waals surface area contributed by atoms with Gasteiger partial charge in [0.1, 0.15) is 11.9 Å². The van der Waals surface area contributed by atoms with E-state index >= 15 is 0 Å². The molecule has 20 heavy (non-hydrogen) atoms. The van der Waals surface area contributed by atoms with Crippen molar-refractivity contribution < 1.29 is 22.7 Å². The topological polar surface area (TPSA) is 46.0 Å². The lowest BCUT2D eigenvalue weighted by Crippen LogP contribution is -2.09. The van der Waals surface area contributed by atoms with Gasteiger partial charge in [-0.05, 0) is 35.6 Å². The highest BCUT2D eigenvalue weighted by Gasteiger charge is 2.34. The highest BCUT2D eigenvalue weighted by molar-refractivity contribution is 7.05. The van der Waals surface area contributed by atoms with Crippen LogP contribution in [0.25, 0.3) is 0 Å². The molecule has 0 spiro atoms. The quantitative estimate of drug-likeness (QED) is 0.885. The Kier molecular flexibility index (Phi) is 4.05. The Morgan fingerprint density at radius 3 is 2.60 bits per heavy atom. The van der Waals surface area contributed by atoms with Crippen LogP contribution in [-0.4, -0.2) is 14.7 Å². The molecule has 0 aliphatic carbocycles. The van der Waals surface area contributed by atoms with Gasteiger partial charge < -0.3 is 5.11 Å². The molecule has 0 bridgehead atoms. The van der Waals surface area contributed by atoms with Gasteiger partial charge in [0.2, 0.25) is 0 Å². The Hall–Kier alpha value is -1.54. The molecule has 108 valence electrons. The molecule has 2 rings (SSSR count). The third-order valence-electron chi connectivity index (χ3n) is 2.78. The molecule has 1 N–H and O–H groups in total. The van der Waals surface area contributed by atoms with Crippen LogP contribution < -0.4 is 0 Å². The number of halogens is 4. The van der Waals surface area contributed by atoms with Crippen LogP contribution in [0.1, 0.15) is 34.7 Å². The summed E-state index contributed by atoms with van der Waals surface area (Å²) in [6, 6.07) is 2.36. The van der Waals surface area contributed by atoms with Crippen LogP contribution >= 0.6 is 11.5 Å².